The third-order valence-corrected chi connectivity index (χ3v) is 2.26. The van der Waals surface area contributed by atoms with Crippen LogP contribution in [-0.4, -0.2) is 18.2 Å². The van der Waals surface area contributed by atoms with E-state index in [2.05, 4.69) is 20.7 Å². The van der Waals surface area contributed by atoms with Crippen molar-refractivity contribution in [2.75, 3.05) is 7.11 Å². The fraction of sp³-hybridized carbons (Fsp3) is 0.222. The Bertz CT molecular complexity index is 342. The zero-order valence-corrected chi connectivity index (χ0v) is 8.97. The number of phenolic OH excluding ortho intramolecular Hbond substituents is 1. The van der Waals surface area contributed by atoms with Gasteiger partial charge in [-0.2, -0.15) is 0 Å². The van der Waals surface area contributed by atoms with Crippen molar-refractivity contribution in [2.24, 2.45) is 0 Å². The fourth-order valence-corrected chi connectivity index (χ4v) is 1.44. The number of methoxy groups -OCH3 is 1. The van der Waals surface area contributed by atoms with Crippen molar-refractivity contribution in [3.63, 3.8) is 0 Å². The Kier molecular flexibility index (Phi) is 3.46. The van der Waals surface area contributed by atoms with Gasteiger partial charge in [-0.25, -0.2) is 4.39 Å². The lowest BCUT2D eigenvalue weighted by Gasteiger charge is -2.03. The van der Waals surface area contributed by atoms with E-state index < -0.39 is 17.5 Å². The molecule has 1 aromatic carbocycles. The molecule has 1 aromatic rings. The second-order valence-corrected chi connectivity index (χ2v) is 3.52. The van der Waals surface area contributed by atoms with Crippen molar-refractivity contribution >= 4 is 21.9 Å². The molecular weight excluding hydrogens is 255 g/mol. The van der Waals surface area contributed by atoms with Gasteiger partial charge in [0.1, 0.15) is 0 Å². The summed E-state index contributed by atoms with van der Waals surface area (Å²) in [6, 6.07) is 2.56. The Balaban J connectivity index is 2.95. The molecular formula is C9H8BrFO3. The minimum Gasteiger partial charge on any atom is -0.504 e. The van der Waals surface area contributed by atoms with Gasteiger partial charge < -0.3 is 9.84 Å². The molecule has 0 heterocycles. The molecule has 0 atom stereocenters. The van der Waals surface area contributed by atoms with Crippen LogP contribution in [-0.2, 0) is 16.0 Å². The first-order valence-corrected chi connectivity index (χ1v) is 4.57. The van der Waals surface area contributed by atoms with E-state index in [1.54, 1.807) is 0 Å². The van der Waals surface area contributed by atoms with E-state index in [-0.39, 0.29) is 10.9 Å². The molecule has 0 saturated carbocycles. The van der Waals surface area contributed by atoms with E-state index in [4.69, 9.17) is 5.11 Å². The Labute approximate surface area is 88.6 Å². The third-order valence-electron chi connectivity index (χ3n) is 1.65. The number of rotatable bonds is 2. The Morgan fingerprint density at radius 2 is 2.29 bits per heavy atom. The summed E-state index contributed by atoms with van der Waals surface area (Å²) in [5.74, 6) is -1.68. The van der Waals surface area contributed by atoms with Gasteiger partial charge in [-0.05, 0) is 33.6 Å². The number of halogens is 2. The Morgan fingerprint density at radius 1 is 1.64 bits per heavy atom. The molecule has 1 rings (SSSR count). The SMILES string of the molecule is COC(=O)Cc1cc(F)c(O)c(Br)c1. The molecule has 0 aromatic heterocycles. The summed E-state index contributed by atoms with van der Waals surface area (Å²) in [5.41, 5.74) is 0.444. The molecule has 76 valence electrons. The molecule has 14 heavy (non-hydrogen) atoms. The maximum absolute atomic E-state index is 13.0. The van der Waals surface area contributed by atoms with Gasteiger partial charge >= 0.3 is 5.97 Å². The quantitative estimate of drug-likeness (QED) is 0.830. The molecule has 0 aliphatic rings. The molecule has 0 amide bonds. The van der Waals surface area contributed by atoms with Crippen LogP contribution in [0, 0.1) is 5.82 Å². The van der Waals surface area contributed by atoms with E-state index in [0.29, 0.717) is 5.56 Å². The highest BCUT2D eigenvalue weighted by atomic mass is 79.9. The van der Waals surface area contributed by atoms with Gasteiger partial charge in [0.05, 0.1) is 18.0 Å². The van der Waals surface area contributed by atoms with E-state index in [1.165, 1.54) is 13.2 Å². The predicted molar refractivity (Wildman–Crippen MR) is 51.5 cm³/mol. The molecule has 0 aliphatic heterocycles. The van der Waals surface area contributed by atoms with Crippen molar-refractivity contribution in [3.8, 4) is 5.75 Å². The van der Waals surface area contributed by atoms with E-state index in [9.17, 15) is 9.18 Å². The maximum atomic E-state index is 13.0. The summed E-state index contributed by atoms with van der Waals surface area (Å²) in [7, 11) is 1.26. The zero-order chi connectivity index (χ0) is 10.7. The van der Waals surface area contributed by atoms with Crippen LogP contribution in [0.1, 0.15) is 5.56 Å². The number of esters is 1. The van der Waals surface area contributed by atoms with Gasteiger partial charge in [0.25, 0.3) is 0 Å². The second-order valence-electron chi connectivity index (χ2n) is 2.66. The average Bonchev–Trinajstić information content (AvgIpc) is 2.14. The van der Waals surface area contributed by atoms with E-state index in [1.807, 2.05) is 0 Å². The Morgan fingerprint density at radius 3 is 2.79 bits per heavy atom. The summed E-state index contributed by atoms with van der Waals surface area (Å²) in [5, 5.41) is 9.08. The highest BCUT2D eigenvalue weighted by Crippen LogP contribution is 2.28. The van der Waals surface area contributed by atoms with E-state index in [0.717, 1.165) is 6.07 Å². The number of carbonyl (C=O) groups is 1. The maximum Gasteiger partial charge on any atom is 0.309 e. The lowest BCUT2D eigenvalue weighted by Crippen LogP contribution is -2.04. The summed E-state index contributed by atoms with van der Waals surface area (Å²) in [6.07, 6.45) is -0.0215. The van der Waals surface area contributed by atoms with Crippen LogP contribution in [0.5, 0.6) is 5.75 Å². The van der Waals surface area contributed by atoms with Gasteiger partial charge in [-0.1, -0.05) is 0 Å². The third kappa shape index (κ3) is 2.45. The normalized spacial score (nSPS) is 9.93. The molecule has 1 N–H and O–H groups in total. The number of phenols is 1. The van der Waals surface area contributed by atoms with Gasteiger partial charge in [0, 0.05) is 0 Å². The molecule has 0 radical (unpaired) electrons. The topological polar surface area (TPSA) is 46.5 Å². The number of hydrogen-bond donors (Lipinski definition) is 1. The average molecular weight is 263 g/mol. The van der Waals surface area contributed by atoms with Crippen molar-refractivity contribution in [3.05, 3.63) is 28.0 Å². The smallest absolute Gasteiger partial charge is 0.309 e. The highest BCUT2D eigenvalue weighted by molar-refractivity contribution is 9.10. The predicted octanol–water partition coefficient (Wildman–Crippen LogP) is 2.01. The van der Waals surface area contributed by atoms with E-state index >= 15 is 0 Å². The fourth-order valence-electron chi connectivity index (χ4n) is 0.959. The van der Waals surface area contributed by atoms with Gasteiger partial charge in [0.15, 0.2) is 11.6 Å². The summed E-state index contributed by atoms with van der Waals surface area (Å²) < 4.78 is 17.6. The van der Waals surface area contributed by atoms with Crippen LogP contribution in [0.2, 0.25) is 0 Å². The van der Waals surface area contributed by atoms with Crippen molar-refractivity contribution < 1.29 is 19.0 Å². The molecule has 0 spiro atoms. The number of ether oxygens (including phenoxy) is 1. The van der Waals surface area contributed by atoms with Crippen LogP contribution >= 0.6 is 15.9 Å². The van der Waals surface area contributed by atoms with Gasteiger partial charge in [0.2, 0.25) is 0 Å². The van der Waals surface area contributed by atoms with Crippen LogP contribution in [0.15, 0.2) is 16.6 Å². The largest absolute Gasteiger partial charge is 0.504 e. The van der Waals surface area contributed by atoms with Crippen LogP contribution in [0.3, 0.4) is 0 Å². The van der Waals surface area contributed by atoms with Crippen molar-refractivity contribution in [1.82, 2.24) is 0 Å². The lowest BCUT2D eigenvalue weighted by atomic mass is 10.1. The molecule has 0 fully saturated rings. The summed E-state index contributed by atoms with van der Waals surface area (Å²) >= 11 is 2.97. The van der Waals surface area contributed by atoms with Gasteiger partial charge in [-0.15, -0.1) is 0 Å². The standard InChI is InChI=1S/C9H8BrFO3/c1-14-8(12)4-5-2-6(10)9(13)7(11)3-5/h2-3,13H,4H2,1H3. The number of aromatic hydroxyl groups is 1. The highest BCUT2D eigenvalue weighted by Gasteiger charge is 2.10. The zero-order valence-electron chi connectivity index (χ0n) is 7.38. The second kappa shape index (κ2) is 4.41. The van der Waals surface area contributed by atoms with Crippen LogP contribution in [0.25, 0.3) is 0 Å². The molecule has 5 heteroatoms. The molecule has 0 aliphatic carbocycles. The first-order chi connectivity index (χ1) is 6.54. The summed E-state index contributed by atoms with van der Waals surface area (Å²) in [4.78, 5) is 10.9. The van der Waals surface area contributed by atoms with Gasteiger partial charge in [-0.3, -0.25) is 4.79 Å². The lowest BCUT2D eigenvalue weighted by molar-refractivity contribution is -0.139. The Hall–Kier alpha value is -1.10. The van der Waals surface area contributed by atoms with Crippen molar-refractivity contribution in [1.29, 1.82) is 0 Å². The number of benzene rings is 1. The number of hydrogen-bond acceptors (Lipinski definition) is 3. The number of carbonyl (C=O) groups excluding carboxylic acids is 1. The minimum absolute atomic E-state index is 0.0215. The molecule has 0 unspecified atom stereocenters. The molecule has 0 saturated heterocycles. The summed E-state index contributed by atoms with van der Waals surface area (Å²) in [6.45, 7) is 0. The monoisotopic (exact) mass is 262 g/mol. The first-order valence-electron chi connectivity index (χ1n) is 3.78. The van der Waals surface area contributed by atoms with Crippen molar-refractivity contribution in [2.45, 2.75) is 6.42 Å². The molecule has 3 nitrogen and oxygen atoms in total. The molecule has 0 bridgehead atoms. The van der Waals surface area contributed by atoms with Crippen LogP contribution in [0.4, 0.5) is 4.39 Å². The first kappa shape index (κ1) is 11.0. The minimum atomic E-state index is -0.765. The van der Waals surface area contributed by atoms with Crippen LogP contribution < -0.4 is 0 Å².